The summed E-state index contributed by atoms with van der Waals surface area (Å²) in [5, 5.41) is 0.0125. The summed E-state index contributed by atoms with van der Waals surface area (Å²) in [6, 6.07) is 26.1. The van der Waals surface area contributed by atoms with Gasteiger partial charge >= 0.3 is 17.9 Å². The largest absolute Gasteiger partial charge is 0.452 e. The van der Waals surface area contributed by atoms with Gasteiger partial charge < -0.3 is 29.2 Å². The molecule has 0 unspecified atom stereocenters. The second kappa shape index (κ2) is 14.1. The number of anilines is 1. The Kier molecular flexibility index (Phi) is 9.35. The van der Waals surface area contributed by atoms with E-state index in [4.69, 9.17) is 24.7 Å². The van der Waals surface area contributed by atoms with Crippen LogP contribution in [0.25, 0.3) is 11.0 Å². The number of pyridine rings is 1. The Morgan fingerprint density at radius 2 is 1.33 bits per heavy atom. The second-order valence-corrected chi connectivity index (χ2v) is 10.8. The lowest BCUT2D eigenvalue weighted by Crippen LogP contribution is -2.44. The van der Waals surface area contributed by atoms with Gasteiger partial charge in [0.05, 0.1) is 16.7 Å². The molecule has 2 aromatic heterocycles. The molecule has 2 N–H and O–H groups in total. The normalized spacial score (nSPS) is 19.5. The summed E-state index contributed by atoms with van der Waals surface area (Å²) in [6.45, 7) is 1.72. The van der Waals surface area contributed by atoms with Crippen LogP contribution in [0.3, 0.4) is 0 Å². The van der Waals surface area contributed by atoms with Crippen molar-refractivity contribution in [3.05, 3.63) is 149 Å². The first-order valence-electron chi connectivity index (χ1n) is 15.0. The molecular formula is C36H30N4O8. The van der Waals surface area contributed by atoms with Crippen molar-refractivity contribution in [1.29, 1.82) is 0 Å². The van der Waals surface area contributed by atoms with E-state index in [0.717, 1.165) is 0 Å². The van der Waals surface area contributed by atoms with Gasteiger partial charge in [0, 0.05) is 12.3 Å². The molecule has 0 radical (unpaired) electrons. The van der Waals surface area contributed by atoms with Crippen LogP contribution in [0.15, 0.2) is 127 Å². The molecule has 5 atom stereocenters. The maximum atomic E-state index is 13.6. The van der Waals surface area contributed by atoms with E-state index in [-0.39, 0.29) is 33.5 Å². The van der Waals surface area contributed by atoms with Crippen molar-refractivity contribution < 1.29 is 33.3 Å². The van der Waals surface area contributed by atoms with Crippen molar-refractivity contribution in [2.24, 2.45) is 0 Å². The molecule has 0 saturated carbocycles. The van der Waals surface area contributed by atoms with Crippen molar-refractivity contribution in [2.75, 3.05) is 5.73 Å². The topological polar surface area (TPSA) is 162 Å². The van der Waals surface area contributed by atoms with Crippen LogP contribution in [0.1, 0.15) is 44.2 Å². The number of carbonyl (C=O) groups excluding carboxylic acids is 3. The average Bonchev–Trinajstić information content (AvgIpc) is 3.45. The number of esters is 3. The Labute approximate surface area is 274 Å². The molecule has 1 aliphatic rings. The molecule has 3 aromatic carbocycles. The maximum absolute atomic E-state index is 13.6. The molecule has 12 heteroatoms. The third kappa shape index (κ3) is 6.55. The summed E-state index contributed by atoms with van der Waals surface area (Å²) < 4.78 is 26.1. The molecule has 1 aliphatic heterocycles. The number of hydrogen-bond acceptors (Lipinski definition) is 11. The van der Waals surface area contributed by atoms with Gasteiger partial charge in [-0.2, -0.15) is 0 Å². The van der Waals surface area contributed by atoms with Gasteiger partial charge in [-0.1, -0.05) is 60.7 Å². The van der Waals surface area contributed by atoms with E-state index < -0.39 is 54.0 Å². The smallest absolute Gasteiger partial charge is 0.338 e. The fourth-order valence-corrected chi connectivity index (χ4v) is 5.44. The van der Waals surface area contributed by atoms with E-state index in [9.17, 15) is 19.2 Å². The van der Waals surface area contributed by atoms with E-state index in [0.29, 0.717) is 0 Å². The molecule has 0 spiro atoms. The van der Waals surface area contributed by atoms with Gasteiger partial charge in [-0.05, 0) is 49.4 Å². The van der Waals surface area contributed by atoms with Gasteiger partial charge in [0.25, 0.3) is 0 Å². The summed E-state index contributed by atoms with van der Waals surface area (Å²) >= 11 is 0. The summed E-state index contributed by atoms with van der Waals surface area (Å²) in [7, 11) is 0. The first-order chi connectivity index (χ1) is 23.4. The minimum atomic E-state index is -1.35. The minimum Gasteiger partial charge on any atom is -0.452 e. The lowest BCUT2D eigenvalue weighted by Gasteiger charge is -2.27. The predicted molar refractivity (Wildman–Crippen MR) is 174 cm³/mol. The number of ether oxygens (including phenoxy) is 4. The minimum absolute atomic E-state index is 0.0125. The zero-order valence-electron chi connectivity index (χ0n) is 25.6. The number of fused-ring (bicyclic) bond motifs is 1. The van der Waals surface area contributed by atoms with E-state index in [1.54, 1.807) is 110 Å². The van der Waals surface area contributed by atoms with Crippen molar-refractivity contribution in [3.8, 4) is 0 Å². The molecule has 5 aromatic rings. The van der Waals surface area contributed by atoms with Gasteiger partial charge in [0.15, 0.2) is 35.6 Å². The van der Waals surface area contributed by atoms with Gasteiger partial charge in [0.1, 0.15) is 23.6 Å². The van der Waals surface area contributed by atoms with Crippen LogP contribution >= 0.6 is 0 Å². The molecule has 12 nitrogen and oxygen atoms in total. The number of carbonyl (C=O) groups is 3. The fourth-order valence-electron chi connectivity index (χ4n) is 5.44. The zero-order valence-corrected chi connectivity index (χ0v) is 25.6. The van der Waals surface area contributed by atoms with Gasteiger partial charge in [0.2, 0.25) is 0 Å². The second-order valence-electron chi connectivity index (χ2n) is 10.8. The van der Waals surface area contributed by atoms with Crippen LogP contribution in [0.5, 0.6) is 0 Å². The molecule has 0 aliphatic carbocycles. The fraction of sp³-hybridized carbons (Fsp3) is 0.167. The summed E-state index contributed by atoms with van der Waals surface area (Å²) in [5.74, 6) is -2.20. The summed E-state index contributed by atoms with van der Waals surface area (Å²) in [6.07, 6.45) is -0.461. The molecule has 1 fully saturated rings. The van der Waals surface area contributed by atoms with E-state index in [2.05, 4.69) is 9.97 Å². The Balaban J connectivity index is 1.48. The number of nitrogens with two attached hydrogens (primary N) is 1. The monoisotopic (exact) mass is 646 g/mol. The third-order valence-corrected chi connectivity index (χ3v) is 7.70. The molecule has 0 amide bonds. The lowest BCUT2D eigenvalue weighted by atomic mass is 10.0. The lowest BCUT2D eigenvalue weighted by molar-refractivity contribution is -0.0792. The molecule has 3 heterocycles. The van der Waals surface area contributed by atoms with Gasteiger partial charge in [-0.15, -0.1) is 0 Å². The quantitative estimate of drug-likeness (QED) is 0.136. The number of nitrogens with zero attached hydrogens (tertiary/aromatic N) is 3. The van der Waals surface area contributed by atoms with E-state index in [1.807, 2.05) is 0 Å². The van der Waals surface area contributed by atoms with E-state index in [1.165, 1.54) is 23.2 Å². The molecule has 6 rings (SSSR count). The summed E-state index contributed by atoms with van der Waals surface area (Å²) in [4.78, 5) is 61.6. The number of allylic oxidation sites excluding steroid dienone is 1. The highest BCUT2D eigenvalue weighted by molar-refractivity contribution is 5.91. The van der Waals surface area contributed by atoms with Crippen molar-refractivity contribution in [1.82, 2.24) is 14.5 Å². The van der Waals surface area contributed by atoms with Crippen LogP contribution in [0.2, 0.25) is 0 Å². The van der Waals surface area contributed by atoms with E-state index >= 15 is 0 Å². The predicted octanol–water partition coefficient (Wildman–Crippen LogP) is 4.52. The van der Waals surface area contributed by atoms with Crippen LogP contribution in [0.4, 0.5) is 5.82 Å². The van der Waals surface area contributed by atoms with Gasteiger partial charge in [-0.3, -0.25) is 4.79 Å². The van der Waals surface area contributed by atoms with Crippen LogP contribution in [-0.2, 0) is 18.9 Å². The average molecular weight is 647 g/mol. The number of hydrogen-bond donors (Lipinski definition) is 1. The highest BCUT2D eigenvalue weighted by Crippen LogP contribution is 2.39. The first-order valence-corrected chi connectivity index (χ1v) is 15.0. The number of nitrogen functional groups attached to an aromatic ring is 1. The Hall–Kier alpha value is -6.14. The Morgan fingerprint density at radius 1 is 0.792 bits per heavy atom. The first kappa shape index (κ1) is 31.8. The van der Waals surface area contributed by atoms with Crippen LogP contribution in [0, 0.1) is 0 Å². The standard InChI is InChI=1S/C36H30N4O8/c1-2-12-26(45-34(42)22-13-6-3-7-14-22)28-29(47-35(43)23-15-8-4-9-16-23)30(48-36(44)24-17-10-5-11-18-24)33(46-28)40-20-19-25(41)27-31(37)38-21-39-32(27)40/h2-21,26,28-30,33H,1H3,(H2,37,38,39)/t26-,28-,29-,30-,33-/m1/s1. The highest BCUT2D eigenvalue weighted by Gasteiger charge is 2.54. The SMILES string of the molecule is CC=C[C@@H](OC(=O)c1ccccc1)[C@H]1O[C@@H](n2ccc(=O)c3c(N)ncnc32)[C@H](OC(=O)c2ccccc2)[C@@H]1OC(=O)c1ccccc1. The number of benzene rings is 3. The van der Waals surface area contributed by atoms with Crippen LogP contribution < -0.4 is 11.2 Å². The molecule has 48 heavy (non-hydrogen) atoms. The van der Waals surface area contributed by atoms with Crippen molar-refractivity contribution in [3.63, 3.8) is 0 Å². The maximum Gasteiger partial charge on any atom is 0.338 e. The highest BCUT2D eigenvalue weighted by atomic mass is 16.7. The Bertz CT molecular complexity index is 2020. The molecular weight excluding hydrogens is 616 g/mol. The van der Waals surface area contributed by atoms with Crippen molar-refractivity contribution in [2.45, 2.75) is 37.6 Å². The van der Waals surface area contributed by atoms with Crippen LogP contribution in [-0.4, -0.2) is 56.9 Å². The molecule has 0 bridgehead atoms. The molecule has 1 saturated heterocycles. The van der Waals surface area contributed by atoms with Gasteiger partial charge in [-0.25, -0.2) is 24.4 Å². The number of rotatable bonds is 9. The third-order valence-electron chi connectivity index (χ3n) is 7.70. The Morgan fingerprint density at radius 3 is 1.90 bits per heavy atom. The summed E-state index contributed by atoms with van der Waals surface area (Å²) in [5.41, 5.74) is 6.45. The zero-order chi connectivity index (χ0) is 33.6. The van der Waals surface area contributed by atoms with Crippen molar-refractivity contribution >= 4 is 34.8 Å². The molecule has 242 valence electrons. The number of aromatic nitrogens is 3.